The van der Waals surface area contributed by atoms with Crippen LogP contribution in [0, 0.1) is 0 Å². The minimum absolute atomic E-state index is 0. The van der Waals surface area contributed by atoms with Crippen molar-refractivity contribution in [3.63, 3.8) is 0 Å². The van der Waals surface area contributed by atoms with Crippen LogP contribution in [0.15, 0.2) is 30.3 Å². The topological polar surface area (TPSA) is 94.8 Å². The van der Waals surface area contributed by atoms with E-state index in [1.54, 1.807) is 12.1 Å². The van der Waals surface area contributed by atoms with E-state index < -0.39 is 17.7 Å². The van der Waals surface area contributed by atoms with E-state index in [4.69, 9.17) is 10.2 Å². The van der Waals surface area contributed by atoms with Crippen LogP contribution in [0.2, 0.25) is 0 Å². The lowest BCUT2D eigenvalue weighted by atomic mass is 9.98. The van der Waals surface area contributed by atoms with Crippen LogP contribution in [0.4, 0.5) is 0 Å². The molecule has 0 unspecified atom stereocenters. The summed E-state index contributed by atoms with van der Waals surface area (Å²) in [7, 11) is 0. The molecule has 0 fully saturated rings. The van der Waals surface area contributed by atoms with E-state index in [-0.39, 0.29) is 46.7 Å². The van der Waals surface area contributed by atoms with Gasteiger partial charge in [0.25, 0.3) is 0 Å². The Labute approximate surface area is 120 Å². The largest absolute Gasteiger partial charge is 0.507 e. The summed E-state index contributed by atoms with van der Waals surface area (Å²) in [6.07, 6.45) is 0. The van der Waals surface area contributed by atoms with Crippen LogP contribution >= 0.6 is 24.8 Å². The molecule has 0 atom stereocenters. The highest BCUT2D eigenvalue weighted by Gasteiger charge is 2.19. The quantitative estimate of drug-likeness (QED) is 0.793. The van der Waals surface area contributed by atoms with Crippen molar-refractivity contribution in [3.8, 4) is 5.75 Å². The first-order chi connectivity index (χ1) is 8.02. The fourth-order valence-electron chi connectivity index (χ4n) is 1.76. The molecule has 2 aromatic carbocycles. The van der Waals surface area contributed by atoms with Crippen LogP contribution in [0.25, 0.3) is 10.8 Å². The second kappa shape index (κ2) is 6.26. The molecule has 0 aliphatic carbocycles. The fraction of sp³-hybridized carbons (Fsp3) is 0. The first kappa shape index (κ1) is 17.0. The third-order valence-corrected chi connectivity index (χ3v) is 2.47. The summed E-state index contributed by atoms with van der Waals surface area (Å²) >= 11 is 0. The van der Waals surface area contributed by atoms with Crippen molar-refractivity contribution in [1.29, 1.82) is 0 Å². The van der Waals surface area contributed by atoms with Crippen LogP contribution in [0.1, 0.15) is 20.7 Å². The maximum Gasteiger partial charge on any atom is 0.340 e. The number of hydrogen-bond donors (Lipinski definition) is 3. The summed E-state index contributed by atoms with van der Waals surface area (Å²) in [5.74, 6) is -3.06. The average molecular weight is 305 g/mol. The van der Waals surface area contributed by atoms with E-state index in [9.17, 15) is 14.7 Å². The van der Waals surface area contributed by atoms with Gasteiger partial charge in [-0.05, 0) is 11.5 Å². The molecule has 2 rings (SSSR count). The van der Waals surface area contributed by atoms with E-state index in [1.165, 1.54) is 12.1 Å². The Morgan fingerprint density at radius 1 is 0.895 bits per heavy atom. The van der Waals surface area contributed by atoms with Crippen molar-refractivity contribution >= 4 is 47.5 Å². The smallest absolute Gasteiger partial charge is 0.340 e. The molecule has 2 aromatic rings. The van der Waals surface area contributed by atoms with E-state index >= 15 is 0 Å². The first-order valence-corrected chi connectivity index (χ1v) is 4.73. The van der Waals surface area contributed by atoms with Gasteiger partial charge in [-0.2, -0.15) is 0 Å². The van der Waals surface area contributed by atoms with Gasteiger partial charge in [-0.3, -0.25) is 0 Å². The number of hydrogen-bond acceptors (Lipinski definition) is 3. The maximum atomic E-state index is 11.0. The number of carbonyl (C=O) groups is 2. The summed E-state index contributed by atoms with van der Waals surface area (Å²) < 4.78 is 0. The van der Waals surface area contributed by atoms with Crippen LogP contribution in [-0.2, 0) is 0 Å². The van der Waals surface area contributed by atoms with Gasteiger partial charge >= 0.3 is 11.9 Å². The van der Waals surface area contributed by atoms with E-state index in [1.807, 2.05) is 0 Å². The van der Waals surface area contributed by atoms with Gasteiger partial charge in [0.2, 0.25) is 0 Å². The number of benzene rings is 2. The van der Waals surface area contributed by atoms with Crippen molar-refractivity contribution in [2.75, 3.05) is 0 Å². The monoisotopic (exact) mass is 304 g/mol. The Morgan fingerprint density at radius 3 is 1.89 bits per heavy atom. The van der Waals surface area contributed by atoms with Crippen LogP contribution in [0.3, 0.4) is 0 Å². The molecule has 0 amide bonds. The zero-order valence-electron chi connectivity index (χ0n) is 9.36. The van der Waals surface area contributed by atoms with Crippen LogP contribution < -0.4 is 0 Å². The summed E-state index contributed by atoms with van der Waals surface area (Å²) in [4.78, 5) is 22.0. The number of phenols is 1. The minimum Gasteiger partial charge on any atom is -0.507 e. The molecule has 102 valence electrons. The SMILES string of the molecule is Cl.Cl.O=C(O)c1cc(O)c(C(=O)O)c2ccccc12. The second-order valence-electron chi connectivity index (χ2n) is 3.47. The highest BCUT2D eigenvalue weighted by molar-refractivity contribution is 6.12. The number of halogens is 2. The lowest BCUT2D eigenvalue weighted by Gasteiger charge is -2.08. The fourth-order valence-corrected chi connectivity index (χ4v) is 1.76. The molecule has 0 radical (unpaired) electrons. The number of aromatic carboxylic acids is 2. The number of rotatable bonds is 2. The molecule has 5 nitrogen and oxygen atoms in total. The summed E-state index contributed by atoms with van der Waals surface area (Å²) in [6, 6.07) is 7.11. The molecule has 0 saturated carbocycles. The molecular weight excluding hydrogens is 295 g/mol. The van der Waals surface area contributed by atoms with Crippen molar-refractivity contribution in [2.24, 2.45) is 0 Å². The molecule has 0 aliphatic rings. The normalized spacial score (nSPS) is 9.26. The van der Waals surface area contributed by atoms with Gasteiger partial charge in [0.05, 0.1) is 5.56 Å². The summed E-state index contributed by atoms with van der Waals surface area (Å²) in [5.41, 5.74) is -0.409. The van der Waals surface area contributed by atoms with E-state index in [0.717, 1.165) is 6.07 Å². The predicted octanol–water partition coefficient (Wildman–Crippen LogP) is 2.79. The zero-order chi connectivity index (χ0) is 12.6. The van der Waals surface area contributed by atoms with Crippen molar-refractivity contribution < 1.29 is 24.9 Å². The highest BCUT2D eigenvalue weighted by Crippen LogP contribution is 2.30. The Morgan fingerprint density at radius 2 is 1.42 bits per heavy atom. The predicted molar refractivity (Wildman–Crippen MR) is 74.0 cm³/mol. The molecule has 7 heteroatoms. The Kier molecular flexibility index (Phi) is 5.61. The Balaban J connectivity index is 0.00000162. The third-order valence-electron chi connectivity index (χ3n) is 2.47. The van der Waals surface area contributed by atoms with Crippen molar-refractivity contribution in [1.82, 2.24) is 0 Å². The van der Waals surface area contributed by atoms with Gasteiger partial charge in [0, 0.05) is 5.39 Å². The van der Waals surface area contributed by atoms with Gasteiger partial charge in [-0.25, -0.2) is 9.59 Å². The molecule has 0 saturated heterocycles. The molecule has 0 aliphatic heterocycles. The van der Waals surface area contributed by atoms with Gasteiger partial charge < -0.3 is 15.3 Å². The first-order valence-electron chi connectivity index (χ1n) is 4.73. The number of aromatic hydroxyl groups is 1. The molecule has 0 heterocycles. The van der Waals surface area contributed by atoms with Crippen LogP contribution in [0.5, 0.6) is 5.75 Å². The molecule has 19 heavy (non-hydrogen) atoms. The Hall–Kier alpha value is -1.98. The van der Waals surface area contributed by atoms with Crippen molar-refractivity contribution in [3.05, 3.63) is 41.5 Å². The Bertz CT molecular complexity index is 639. The molecule has 0 aromatic heterocycles. The lowest BCUT2D eigenvalue weighted by Crippen LogP contribution is -2.03. The molecule has 3 N–H and O–H groups in total. The van der Waals surface area contributed by atoms with Gasteiger partial charge in [0.1, 0.15) is 11.3 Å². The lowest BCUT2D eigenvalue weighted by molar-refractivity contribution is 0.0681. The number of carboxylic acids is 2. The highest BCUT2D eigenvalue weighted by atomic mass is 35.5. The molecular formula is C12H10Cl2O5. The van der Waals surface area contributed by atoms with Crippen molar-refractivity contribution in [2.45, 2.75) is 0 Å². The third kappa shape index (κ3) is 2.89. The number of fused-ring (bicyclic) bond motifs is 1. The summed E-state index contributed by atoms with van der Waals surface area (Å²) in [5, 5.41) is 28.0. The van der Waals surface area contributed by atoms with Crippen LogP contribution in [-0.4, -0.2) is 27.3 Å². The van der Waals surface area contributed by atoms with Gasteiger partial charge in [0.15, 0.2) is 0 Å². The van der Waals surface area contributed by atoms with Gasteiger partial charge in [-0.1, -0.05) is 24.3 Å². The summed E-state index contributed by atoms with van der Waals surface area (Å²) in [6.45, 7) is 0. The van der Waals surface area contributed by atoms with E-state index in [2.05, 4.69) is 0 Å². The van der Waals surface area contributed by atoms with Gasteiger partial charge in [-0.15, -0.1) is 24.8 Å². The zero-order valence-corrected chi connectivity index (χ0v) is 11.0. The number of carboxylic acid groups (broad SMARTS) is 2. The second-order valence-corrected chi connectivity index (χ2v) is 3.47. The maximum absolute atomic E-state index is 11.0. The molecule has 0 spiro atoms. The average Bonchev–Trinajstić information content (AvgIpc) is 2.27. The van der Waals surface area contributed by atoms with E-state index in [0.29, 0.717) is 0 Å². The standard InChI is InChI=1S/C12H8O5.2ClH/c13-9-5-8(11(14)15)6-3-1-2-4-7(6)10(9)12(16)17;;/h1-5,13H,(H,14,15)(H,16,17);2*1H. The molecule has 0 bridgehead atoms. The minimum atomic E-state index is -1.30.